The van der Waals surface area contributed by atoms with Crippen LogP contribution in [-0.2, 0) is 0 Å². The van der Waals surface area contributed by atoms with Gasteiger partial charge in [-0.15, -0.1) is 0 Å². The first-order valence-corrected chi connectivity index (χ1v) is 6.81. The third kappa shape index (κ3) is 3.44. The van der Waals surface area contributed by atoms with Gasteiger partial charge in [-0.3, -0.25) is 9.69 Å². The van der Waals surface area contributed by atoms with Crippen LogP contribution in [0.3, 0.4) is 0 Å². The van der Waals surface area contributed by atoms with Crippen LogP contribution in [0, 0.1) is 5.92 Å². The molecule has 0 unspecified atom stereocenters. The smallest absolute Gasteiger partial charge is 0.166 e. The molecule has 1 saturated heterocycles. The van der Waals surface area contributed by atoms with Crippen LogP contribution in [0.4, 0.5) is 0 Å². The van der Waals surface area contributed by atoms with E-state index in [2.05, 4.69) is 4.90 Å². The summed E-state index contributed by atoms with van der Waals surface area (Å²) in [5.74, 6) is 0.478. The number of hydrogen-bond acceptors (Lipinski definition) is 2. The highest BCUT2D eigenvalue weighted by Gasteiger charge is 2.24. The fourth-order valence-electron chi connectivity index (χ4n) is 2.40. The lowest BCUT2D eigenvalue weighted by Crippen LogP contribution is -2.36. The van der Waals surface area contributed by atoms with Gasteiger partial charge in [0.2, 0.25) is 0 Å². The van der Waals surface area contributed by atoms with E-state index in [1.165, 1.54) is 0 Å². The number of likely N-dealkylation sites (tertiary alicyclic amines) is 1. The summed E-state index contributed by atoms with van der Waals surface area (Å²) in [5.41, 5.74) is 2.40. The van der Waals surface area contributed by atoms with E-state index in [4.69, 9.17) is 11.6 Å². The minimum atomic E-state index is 0.184. The molecule has 1 aliphatic rings. The van der Waals surface area contributed by atoms with Crippen LogP contribution in [0.15, 0.2) is 41.9 Å². The molecule has 2 nitrogen and oxygen atoms in total. The molecule has 0 amide bonds. The summed E-state index contributed by atoms with van der Waals surface area (Å²) >= 11 is 5.52. The lowest BCUT2D eigenvalue weighted by atomic mass is 9.89. The van der Waals surface area contributed by atoms with E-state index in [1.54, 1.807) is 5.54 Å². The van der Waals surface area contributed by atoms with Crippen LogP contribution in [0.1, 0.15) is 23.2 Å². The maximum Gasteiger partial charge on any atom is 0.166 e. The van der Waals surface area contributed by atoms with Gasteiger partial charge in [-0.2, -0.15) is 0 Å². The summed E-state index contributed by atoms with van der Waals surface area (Å²) in [6, 6.07) is 9.61. The molecule has 0 aliphatic carbocycles. The first-order chi connectivity index (χ1) is 8.81. The molecule has 3 heteroatoms. The Morgan fingerprint density at radius 3 is 2.56 bits per heavy atom. The van der Waals surface area contributed by atoms with Crippen LogP contribution in [0.2, 0.25) is 0 Å². The zero-order valence-corrected chi connectivity index (χ0v) is 11.1. The Morgan fingerprint density at radius 1 is 1.28 bits per heavy atom. The fraction of sp³-hybridized carbons (Fsp3) is 0.400. The molecule has 1 heterocycles. The number of hydrogen-bond donors (Lipinski definition) is 0. The number of rotatable bonds is 4. The van der Waals surface area contributed by atoms with E-state index in [0.717, 1.165) is 38.0 Å². The standard InChI is InChI=1S/C15H18ClNO/c16-9-4-10-17-11-7-14(8-12-17)15(18)13-5-2-1-3-6-13/h1-6,9,14H,7-8,10-12H2/b9-4+. The van der Waals surface area contributed by atoms with Crippen LogP contribution in [0.25, 0.3) is 0 Å². The summed E-state index contributed by atoms with van der Waals surface area (Å²) in [6.45, 7) is 2.84. The molecule has 0 radical (unpaired) electrons. The number of ketones is 1. The normalized spacial score (nSPS) is 18.3. The van der Waals surface area contributed by atoms with Crippen LogP contribution in [-0.4, -0.2) is 30.3 Å². The van der Waals surface area contributed by atoms with E-state index in [1.807, 2.05) is 36.4 Å². The Hall–Kier alpha value is -1.12. The quantitative estimate of drug-likeness (QED) is 0.777. The third-order valence-corrected chi connectivity index (χ3v) is 3.65. The maximum atomic E-state index is 12.3. The van der Waals surface area contributed by atoms with Gasteiger partial charge < -0.3 is 0 Å². The van der Waals surface area contributed by atoms with Crippen molar-refractivity contribution in [3.05, 3.63) is 47.5 Å². The van der Waals surface area contributed by atoms with E-state index < -0.39 is 0 Å². The van der Waals surface area contributed by atoms with Crippen molar-refractivity contribution in [1.29, 1.82) is 0 Å². The fourth-order valence-corrected chi connectivity index (χ4v) is 2.48. The Bertz CT molecular complexity index is 408. The van der Waals surface area contributed by atoms with Gasteiger partial charge in [0.05, 0.1) is 0 Å². The van der Waals surface area contributed by atoms with Crippen LogP contribution < -0.4 is 0 Å². The monoisotopic (exact) mass is 263 g/mol. The van der Waals surface area contributed by atoms with Gasteiger partial charge in [0, 0.05) is 23.6 Å². The van der Waals surface area contributed by atoms with Crippen LogP contribution in [0.5, 0.6) is 0 Å². The molecule has 1 aliphatic heterocycles. The number of piperidine rings is 1. The number of benzene rings is 1. The van der Waals surface area contributed by atoms with Gasteiger partial charge >= 0.3 is 0 Å². The second-order valence-corrected chi connectivity index (χ2v) is 4.92. The van der Waals surface area contributed by atoms with Crippen molar-refractivity contribution in [2.75, 3.05) is 19.6 Å². The summed E-state index contributed by atoms with van der Waals surface area (Å²) < 4.78 is 0. The summed E-state index contributed by atoms with van der Waals surface area (Å²) in [5, 5.41) is 0. The number of carbonyl (C=O) groups excluding carboxylic acids is 1. The lowest BCUT2D eigenvalue weighted by molar-refractivity contribution is 0.0848. The minimum Gasteiger partial charge on any atom is -0.300 e. The van der Waals surface area contributed by atoms with Gasteiger partial charge in [0.1, 0.15) is 0 Å². The Kier molecular flexibility index (Phi) is 4.97. The number of Topliss-reactive ketones (excluding diaryl/α,β-unsaturated/α-hetero) is 1. The van der Waals surface area contributed by atoms with E-state index in [-0.39, 0.29) is 5.92 Å². The Morgan fingerprint density at radius 2 is 1.94 bits per heavy atom. The molecule has 2 rings (SSSR count). The molecule has 0 atom stereocenters. The van der Waals surface area contributed by atoms with E-state index in [0.29, 0.717) is 5.78 Å². The largest absolute Gasteiger partial charge is 0.300 e. The van der Waals surface area contributed by atoms with Crippen molar-refractivity contribution in [3.63, 3.8) is 0 Å². The van der Waals surface area contributed by atoms with Gasteiger partial charge in [-0.05, 0) is 25.9 Å². The summed E-state index contributed by atoms with van der Waals surface area (Å²) in [7, 11) is 0. The van der Waals surface area contributed by atoms with Gasteiger partial charge in [0.25, 0.3) is 0 Å². The summed E-state index contributed by atoms with van der Waals surface area (Å²) in [4.78, 5) is 14.6. The number of carbonyl (C=O) groups is 1. The number of nitrogens with zero attached hydrogens (tertiary/aromatic N) is 1. The topological polar surface area (TPSA) is 20.3 Å². The van der Waals surface area contributed by atoms with Crippen molar-refractivity contribution in [3.8, 4) is 0 Å². The van der Waals surface area contributed by atoms with Crippen molar-refractivity contribution in [1.82, 2.24) is 4.90 Å². The zero-order chi connectivity index (χ0) is 12.8. The van der Waals surface area contributed by atoms with Crippen molar-refractivity contribution in [2.45, 2.75) is 12.8 Å². The molecule has 96 valence electrons. The Labute approximate surface area is 113 Å². The first-order valence-electron chi connectivity index (χ1n) is 6.38. The molecular weight excluding hydrogens is 246 g/mol. The van der Waals surface area contributed by atoms with Crippen LogP contribution >= 0.6 is 11.6 Å². The highest BCUT2D eigenvalue weighted by Crippen LogP contribution is 2.21. The SMILES string of the molecule is O=C(c1ccccc1)C1CCN(C/C=C/Cl)CC1. The van der Waals surface area contributed by atoms with E-state index >= 15 is 0 Å². The maximum absolute atomic E-state index is 12.3. The zero-order valence-electron chi connectivity index (χ0n) is 10.4. The summed E-state index contributed by atoms with van der Waals surface area (Å²) in [6.07, 6.45) is 3.84. The molecule has 18 heavy (non-hydrogen) atoms. The second-order valence-electron chi connectivity index (χ2n) is 4.67. The van der Waals surface area contributed by atoms with Crippen molar-refractivity contribution < 1.29 is 4.79 Å². The number of halogens is 1. The molecule has 0 N–H and O–H groups in total. The lowest BCUT2D eigenvalue weighted by Gasteiger charge is -2.30. The average Bonchev–Trinajstić information content (AvgIpc) is 2.46. The molecule has 1 aromatic rings. The minimum absolute atomic E-state index is 0.184. The molecule has 1 fully saturated rings. The van der Waals surface area contributed by atoms with Crippen molar-refractivity contribution >= 4 is 17.4 Å². The molecule has 0 bridgehead atoms. The van der Waals surface area contributed by atoms with Gasteiger partial charge in [0.15, 0.2) is 5.78 Å². The van der Waals surface area contributed by atoms with Crippen molar-refractivity contribution in [2.24, 2.45) is 5.92 Å². The highest BCUT2D eigenvalue weighted by molar-refractivity contribution is 6.25. The predicted octanol–water partition coefficient (Wildman–Crippen LogP) is 3.33. The molecule has 0 aromatic heterocycles. The molecule has 0 saturated carbocycles. The molecule has 1 aromatic carbocycles. The first kappa shape index (κ1) is 13.3. The third-order valence-electron chi connectivity index (χ3n) is 3.47. The van der Waals surface area contributed by atoms with E-state index in [9.17, 15) is 4.79 Å². The second kappa shape index (κ2) is 6.72. The predicted molar refractivity (Wildman–Crippen MR) is 74.9 cm³/mol. The molecule has 0 spiro atoms. The van der Waals surface area contributed by atoms with Gasteiger partial charge in [-0.25, -0.2) is 0 Å². The van der Waals surface area contributed by atoms with Gasteiger partial charge in [-0.1, -0.05) is 48.0 Å². The molecular formula is C15H18ClNO. The Balaban J connectivity index is 1.88. The average molecular weight is 264 g/mol. The highest BCUT2D eigenvalue weighted by atomic mass is 35.5.